The summed E-state index contributed by atoms with van der Waals surface area (Å²) in [5, 5.41) is 4.57. The molecule has 0 unspecified atom stereocenters. The van der Waals surface area contributed by atoms with Crippen LogP contribution in [0.25, 0.3) is 0 Å². The van der Waals surface area contributed by atoms with Gasteiger partial charge in [-0.05, 0) is 31.0 Å². The molecule has 1 saturated heterocycles. The smallest absolute Gasteiger partial charge is 0.265 e. The van der Waals surface area contributed by atoms with E-state index >= 15 is 0 Å². The van der Waals surface area contributed by atoms with E-state index in [4.69, 9.17) is 10.5 Å². The van der Waals surface area contributed by atoms with Gasteiger partial charge in [0.05, 0.1) is 12.3 Å². The Bertz CT molecular complexity index is 844. The molecule has 1 aliphatic heterocycles. The molecule has 1 atom stereocenters. The van der Waals surface area contributed by atoms with Crippen molar-refractivity contribution in [2.24, 2.45) is 11.7 Å². The molecule has 0 aromatic heterocycles. The molecular formula is C18H20F2N4O5. The molecule has 1 aromatic carbocycles. The van der Waals surface area contributed by atoms with Crippen LogP contribution in [0.15, 0.2) is 18.2 Å². The van der Waals surface area contributed by atoms with E-state index in [1.807, 2.05) is 0 Å². The van der Waals surface area contributed by atoms with Crippen LogP contribution >= 0.6 is 0 Å². The third-order valence-electron chi connectivity index (χ3n) is 4.59. The molecule has 29 heavy (non-hydrogen) atoms. The zero-order chi connectivity index (χ0) is 21.1. The minimum Gasteiger partial charge on any atom is -0.370 e. The van der Waals surface area contributed by atoms with Crippen LogP contribution < -0.4 is 21.3 Å². The van der Waals surface area contributed by atoms with E-state index < -0.39 is 41.7 Å². The minimum absolute atomic E-state index is 0.0137. The summed E-state index contributed by atoms with van der Waals surface area (Å²) in [5.74, 6) is -3.17. The number of carbonyl (C=O) groups is 4. The predicted octanol–water partition coefficient (Wildman–Crippen LogP) is 0.306. The Morgan fingerprint density at radius 2 is 1.97 bits per heavy atom. The highest BCUT2D eigenvalue weighted by molar-refractivity contribution is 6.11. The average Bonchev–Trinajstić information content (AvgIpc) is 3.51. The number of amides is 4. The first kappa shape index (κ1) is 20.6. The molecule has 2 fully saturated rings. The minimum atomic E-state index is -2.92. The standard InChI is InChI=1S/C18H20F2N4O5/c19-15(20)11-7-10(3-4-12(11)24-5-6-29-8-13(24)25)22-18(28)14(16(21)26)23-17(27)9-1-2-9/h3-4,7,9,14-15H,1-2,5-6,8H2,(H2,21,26)(H,22,28)(H,23,27)/t14-/m1/s1. The number of carbonyl (C=O) groups excluding carboxylic acids is 4. The van der Waals surface area contributed by atoms with Crippen molar-refractivity contribution in [3.8, 4) is 0 Å². The molecule has 2 aliphatic rings. The number of nitrogens with one attached hydrogen (secondary N) is 2. The van der Waals surface area contributed by atoms with Gasteiger partial charge in [0.1, 0.15) is 6.61 Å². The number of anilines is 2. The molecule has 4 N–H and O–H groups in total. The fourth-order valence-corrected chi connectivity index (χ4v) is 2.91. The van der Waals surface area contributed by atoms with E-state index in [9.17, 15) is 28.0 Å². The quantitative estimate of drug-likeness (QED) is 0.557. The first-order chi connectivity index (χ1) is 13.8. The van der Waals surface area contributed by atoms with Crippen LogP contribution in [0.3, 0.4) is 0 Å². The molecule has 4 amide bonds. The number of rotatable bonds is 7. The summed E-state index contributed by atoms with van der Waals surface area (Å²) >= 11 is 0. The normalized spacial score (nSPS) is 17.8. The highest BCUT2D eigenvalue weighted by atomic mass is 19.3. The SMILES string of the molecule is NC(=O)[C@@H](NC(=O)C1CC1)C(=O)Nc1ccc(N2CCOCC2=O)c(C(F)F)c1. The van der Waals surface area contributed by atoms with Crippen molar-refractivity contribution in [3.05, 3.63) is 23.8 Å². The van der Waals surface area contributed by atoms with Gasteiger partial charge in [-0.15, -0.1) is 0 Å². The molecule has 11 heteroatoms. The first-order valence-corrected chi connectivity index (χ1v) is 8.98. The number of benzene rings is 1. The van der Waals surface area contributed by atoms with Crippen molar-refractivity contribution in [1.82, 2.24) is 5.32 Å². The number of halogens is 2. The maximum atomic E-state index is 13.6. The summed E-state index contributed by atoms with van der Waals surface area (Å²) in [6, 6.07) is 1.99. The van der Waals surface area contributed by atoms with Gasteiger partial charge in [0, 0.05) is 23.7 Å². The number of morpholine rings is 1. The number of alkyl halides is 2. The summed E-state index contributed by atoms with van der Waals surface area (Å²) in [6.07, 6.45) is -1.59. The summed E-state index contributed by atoms with van der Waals surface area (Å²) in [7, 11) is 0. The second-order valence-corrected chi connectivity index (χ2v) is 6.78. The van der Waals surface area contributed by atoms with Crippen LogP contribution in [0.1, 0.15) is 24.8 Å². The monoisotopic (exact) mass is 410 g/mol. The lowest BCUT2D eigenvalue weighted by molar-refractivity contribution is -0.133. The Kier molecular flexibility index (Phi) is 6.06. The van der Waals surface area contributed by atoms with E-state index in [-0.39, 0.29) is 37.1 Å². The Labute approximate surface area is 164 Å². The molecule has 1 aliphatic carbocycles. The van der Waals surface area contributed by atoms with Gasteiger partial charge in [-0.3, -0.25) is 19.2 Å². The van der Waals surface area contributed by atoms with Gasteiger partial charge >= 0.3 is 0 Å². The second kappa shape index (κ2) is 8.52. The average molecular weight is 410 g/mol. The number of nitrogens with two attached hydrogens (primary N) is 1. The molecule has 156 valence electrons. The lowest BCUT2D eigenvalue weighted by Crippen LogP contribution is -2.52. The van der Waals surface area contributed by atoms with Gasteiger partial charge in [-0.2, -0.15) is 0 Å². The van der Waals surface area contributed by atoms with Crippen LogP contribution in [-0.4, -0.2) is 49.4 Å². The molecular weight excluding hydrogens is 390 g/mol. The summed E-state index contributed by atoms with van der Waals surface area (Å²) < 4.78 is 32.1. The first-order valence-electron chi connectivity index (χ1n) is 8.98. The van der Waals surface area contributed by atoms with Crippen molar-refractivity contribution in [2.45, 2.75) is 25.3 Å². The Morgan fingerprint density at radius 1 is 1.24 bits per heavy atom. The molecule has 0 spiro atoms. The fraction of sp³-hybridized carbons (Fsp3) is 0.444. The highest BCUT2D eigenvalue weighted by Gasteiger charge is 2.35. The van der Waals surface area contributed by atoms with Crippen molar-refractivity contribution >= 4 is 35.0 Å². The largest absolute Gasteiger partial charge is 0.370 e. The highest BCUT2D eigenvalue weighted by Crippen LogP contribution is 2.33. The molecule has 1 saturated carbocycles. The maximum Gasteiger partial charge on any atom is 0.265 e. The number of hydrogen-bond acceptors (Lipinski definition) is 5. The van der Waals surface area contributed by atoms with Gasteiger partial charge in [-0.25, -0.2) is 8.78 Å². The molecule has 1 aromatic rings. The molecule has 0 bridgehead atoms. The summed E-state index contributed by atoms with van der Waals surface area (Å²) in [6.45, 7) is 0.136. The van der Waals surface area contributed by atoms with E-state index in [1.54, 1.807) is 0 Å². The Balaban J connectivity index is 1.78. The van der Waals surface area contributed by atoms with Gasteiger partial charge in [0.2, 0.25) is 11.8 Å². The zero-order valence-electron chi connectivity index (χ0n) is 15.3. The number of nitrogens with zero attached hydrogens (tertiary/aromatic N) is 1. The van der Waals surface area contributed by atoms with Crippen LogP contribution in [0, 0.1) is 5.92 Å². The number of hydrogen-bond donors (Lipinski definition) is 3. The summed E-state index contributed by atoms with van der Waals surface area (Å²) in [5.41, 5.74) is 4.71. The second-order valence-electron chi connectivity index (χ2n) is 6.78. The van der Waals surface area contributed by atoms with Crippen LogP contribution in [-0.2, 0) is 23.9 Å². The zero-order valence-corrected chi connectivity index (χ0v) is 15.3. The predicted molar refractivity (Wildman–Crippen MR) is 97.0 cm³/mol. The van der Waals surface area contributed by atoms with Crippen molar-refractivity contribution < 1.29 is 32.7 Å². The van der Waals surface area contributed by atoms with Crippen molar-refractivity contribution in [1.29, 1.82) is 0 Å². The molecule has 9 nitrogen and oxygen atoms in total. The molecule has 1 heterocycles. The van der Waals surface area contributed by atoms with E-state index in [0.717, 1.165) is 6.07 Å². The van der Waals surface area contributed by atoms with Crippen molar-refractivity contribution in [2.75, 3.05) is 30.0 Å². The third-order valence-corrected chi connectivity index (χ3v) is 4.59. The molecule has 0 radical (unpaired) electrons. The maximum absolute atomic E-state index is 13.6. The third kappa shape index (κ3) is 4.86. The van der Waals surface area contributed by atoms with E-state index in [2.05, 4.69) is 10.6 Å². The van der Waals surface area contributed by atoms with Gasteiger partial charge in [-0.1, -0.05) is 0 Å². The van der Waals surface area contributed by atoms with Gasteiger partial charge < -0.3 is 26.0 Å². The van der Waals surface area contributed by atoms with Crippen LogP contribution in [0.2, 0.25) is 0 Å². The molecule has 3 rings (SSSR count). The topological polar surface area (TPSA) is 131 Å². The fourth-order valence-electron chi connectivity index (χ4n) is 2.91. The van der Waals surface area contributed by atoms with E-state index in [1.165, 1.54) is 17.0 Å². The Hall–Kier alpha value is -3.08. The van der Waals surface area contributed by atoms with Crippen LogP contribution in [0.5, 0.6) is 0 Å². The van der Waals surface area contributed by atoms with Gasteiger partial charge in [0.25, 0.3) is 18.2 Å². The Morgan fingerprint density at radius 3 is 2.55 bits per heavy atom. The lowest BCUT2D eigenvalue weighted by atomic mass is 10.1. The lowest BCUT2D eigenvalue weighted by Gasteiger charge is -2.29. The number of ether oxygens (including phenoxy) is 1. The number of primary amides is 1. The van der Waals surface area contributed by atoms with E-state index in [0.29, 0.717) is 12.8 Å². The van der Waals surface area contributed by atoms with Crippen LogP contribution in [0.4, 0.5) is 20.2 Å². The van der Waals surface area contributed by atoms with Crippen molar-refractivity contribution in [3.63, 3.8) is 0 Å². The van der Waals surface area contributed by atoms with Gasteiger partial charge in [0.15, 0.2) is 6.04 Å². The summed E-state index contributed by atoms with van der Waals surface area (Å²) in [4.78, 5) is 48.9.